The SMILES string of the molecule is CN(c1cnc(-c2ccc(-c3nc(=O)n(C)cc3F)cc2O)nn1)[C@@H]1C[C@@]2(C)CCC[C@](C)(C2)[C@@H]1F. The van der Waals surface area contributed by atoms with Crippen LogP contribution in [0.25, 0.3) is 22.6 Å². The standard InChI is InChI=1S/C26H30F2N6O2/c1-25-8-5-9-26(2,14-25)22(28)18(11-25)34(4)20-12-29-23(32-31-20)16-7-6-15(10-19(16)35)21-17(27)13-33(3)24(36)30-21/h6-7,10,12-13,18,22,35H,5,8-9,11,14H2,1-4H3/t18-,22-,25-,26-/m1/s1. The highest BCUT2D eigenvalue weighted by Gasteiger charge is 2.54. The number of phenols is 1. The Bertz CT molecular complexity index is 1360. The summed E-state index contributed by atoms with van der Waals surface area (Å²) in [5, 5.41) is 19.0. The molecule has 3 aromatic rings. The Kier molecular flexibility index (Phi) is 5.80. The second kappa shape index (κ2) is 8.60. The highest BCUT2D eigenvalue weighted by Crippen LogP contribution is 2.57. The third kappa shape index (κ3) is 4.12. The molecule has 2 aromatic heterocycles. The second-order valence-corrected chi connectivity index (χ2v) is 11.0. The van der Waals surface area contributed by atoms with Crippen LogP contribution in [0.5, 0.6) is 5.75 Å². The summed E-state index contributed by atoms with van der Waals surface area (Å²) in [5.41, 5.74) is -0.454. The van der Waals surface area contributed by atoms with E-state index in [1.807, 2.05) is 11.9 Å². The van der Waals surface area contributed by atoms with Gasteiger partial charge in [0.2, 0.25) is 0 Å². The summed E-state index contributed by atoms with van der Waals surface area (Å²) in [6, 6.07) is 4.04. The van der Waals surface area contributed by atoms with Gasteiger partial charge in [-0.3, -0.25) is 4.57 Å². The fourth-order valence-corrected chi connectivity index (χ4v) is 6.20. The van der Waals surface area contributed by atoms with E-state index in [2.05, 4.69) is 34.0 Å². The molecule has 2 saturated carbocycles. The number of hydrogen-bond donors (Lipinski definition) is 1. The Morgan fingerprint density at radius 1 is 1.22 bits per heavy atom. The Balaban J connectivity index is 1.39. The lowest BCUT2D eigenvalue weighted by Crippen LogP contribution is -2.57. The summed E-state index contributed by atoms with van der Waals surface area (Å²) in [7, 11) is 3.23. The molecule has 2 aliphatic carbocycles. The summed E-state index contributed by atoms with van der Waals surface area (Å²) in [4.78, 5) is 21.8. The van der Waals surface area contributed by atoms with Crippen molar-refractivity contribution in [3.05, 3.63) is 46.9 Å². The summed E-state index contributed by atoms with van der Waals surface area (Å²) < 4.78 is 31.0. The number of aromatic hydroxyl groups is 1. The molecule has 1 aromatic carbocycles. The van der Waals surface area contributed by atoms with Gasteiger partial charge in [0.25, 0.3) is 0 Å². The number of benzene rings is 1. The number of rotatable bonds is 4. The van der Waals surface area contributed by atoms with Gasteiger partial charge in [-0.05, 0) is 43.2 Å². The smallest absolute Gasteiger partial charge is 0.348 e. The van der Waals surface area contributed by atoms with E-state index >= 15 is 4.39 Å². The molecule has 36 heavy (non-hydrogen) atoms. The zero-order valence-electron chi connectivity index (χ0n) is 20.9. The lowest BCUT2D eigenvalue weighted by Gasteiger charge is -2.55. The molecule has 190 valence electrons. The number of aromatic nitrogens is 5. The number of nitrogens with zero attached hydrogens (tertiary/aromatic N) is 6. The van der Waals surface area contributed by atoms with Crippen LogP contribution in [0, 0.1) is 16.6 Å². The molecule has 0 spiro atoms. The first-order chi connectivity index (χ1) is 17.0. The van der Waals surface area contributed by atoms with Crippen LogP contribution in [0.15, 0.2) is 35.4 Å². The molecule has 0 saturated heterocycles. The quantitative estimate of drug-likeness (QED) is 0.576. The van der Waals surface area contributed by atoms with Gasteiger partial charge in [0.1, 0.15) is 17.6 Å². The average Bonchev–Trinajstić information content (AvgIpc) is 2.83. The lowest BCUT2D eigenvalue weighted by atomic mass is 9.54. The minimum Gasteiger partial charge on any atom is -0.507 e. The third-order valence-corrected chi connectivity index (χ3v) is 8.03. The molecule has 0 unspecified atom stereocenters. The van der Waals surface area contributed by atoms with Crippen molar-refractivity contribution in [2.45, 2.75) is 58.2 Å². The maximum Gasteiger partial charge on any atom is 0.348 e. The van der Waals surface area contributed by atoms with Gasteiger partial charge >= 0.3 is 5.69 Å². The van der Waals surface area contributed by atoms with Crippen LogP contribution in [0.4, 0.5) is 14.6 Å². The van der Waals surface area contributed by atoms with E-state index in [1.165, 1.54) is 31.4 Å². The van der Waals surface area contributed by atoms with E-state index in [4.69, 9.17) is 0 Å². The van der Waals surface area contributed by atoms with Crippen LogP contribution in [-0.4, -0.2) is 49.1 Å². The van der Waals surface area contributed by atoms with Crippen molar-refractivity contribution >= 4 is 5.82 Å². The summed E-state index contributed by atoms with van der Waals surface area (Å²) in [6.07, 6.45) is 6.31. The van der Waals surface area contributed by atoms with Gasteiger partial charge in [-0.2, -0.15) is 4.98 Å². The third-order valence-electron chi connectivity index (χ3n) is 8.03. The monoisotopic (exact) mass is 496 g/mol. The zero-order valence-corrected chi connectivity index (χ0v) is 20.9. The number of anilines is 1. The predicted molar refractivity (Wildman–Crippen MR) is 132 cm³/mol. The maximum atomic E-state index is 15.7. The first kappa shape index (κ1) is 24.3. The van der Waals surface area contributed by atoms with Crippen molar-refractivity contribution in [2.24, 2.45) is 17.9 Å². The van der Waals surface area contributed by atoms with E-state index in [-0.39, 0.29) is 39.7 Å². The van der Waals surface area contributed by atoms with Crippen LogP contribution in [0.1, 0.15) is 46.0 Å². The van der Waals surface area contributed by atoms with Crippen LogP contribution >= 0.6 is 0 Å². The molecule has 8 nitrogen and oxygen atoms in total. The molecule has 2 fully saturated rings. The number of hydrogen-bond acceptors (Lipinski definition) is 7. The van der Waals surface area contributed by atoms with Crippen molar-refractivity contribution in [1.82, 2.24) is 24.7 Å². The van der Waals surface area contributed by atoms with Crippen LogP contribution in [0.3, 0.4) is 0 Å². The van der Waals surface area contributed by atoms with E-state index in [0.717, 1.165) is 42.9 Å². The first-order valence-corrected chi connectivity index (χ1v) is 12.1. The largest absolute Gasteiger partial charge is 0.507 e. The fraction of sp³-hybridized carbons (Fsp3) is 0.500. The Morgan fingerprint density at radius 2 is 2.00 bits per heavy atom. The molecule has 0 amide bonds. The number of fused-ring (bicyclic) bond motifs is 2. The molecule has 0 aliphatic heterocycles. The van der Waals surface area contributed by atoms with Crippen LogP contribution < -0.4 is 10.6 Å². The summed E-state index contributed by atoms with van der Waals surface area (Å²) >= 11 is 0. The van der Waals surface area contributed by atoms with E-state index in [0.29, 0.717) is 11.4 Å². The Hall–Kier alpha value is -3.43. The van der Waals surface area contributed by atoms with Gasteiger partial charge in [0.05, 0.1) is 17.8 Å². The molecule has 5 rings (SSSR count). The predicted octanol–water partition coefficient (Wildman–Crippen LogP) is 4.28. The Morgan fingerprint density at radius 3 is 2.69 bits per heavy atom. The Labute approximate surface area is 208 Å². The normalized spacial score (nSPS) is 27.6. The lowest BCUT2D eigenvalue weighted by molar-refractivity contribution is -0.0540. The number of aryl methyl sites for hydroxylation is 1. The average molecular weight is 497 g/mol. The molecular formula is C26H30F2N6O2. The van der Waals surface area contributed by atoms with Crippen molar-refractivity contribution in [3.63, 3.8) is 0 Å². The highest BCUT2D eigenvalue weighted by molar-refractivity contribution is 5.71. The van der Waals surface area contributed by atoms with Gasteiger partial charge in [0.15, 0.2) is 17.5 Å². The number of alkyl halides is 1. The topological polar surface area (TPSA) is 97.0 Å². The van der Waals surface area contributed by atoms with Gasteiger partial charge < -0.3 is 10.0 Å². The van der Waals surface area contributed by atoms with Crippen molar-refractivity contribution in [3.8, 4) is 28.4 Å². The maximum absolute atomic E-state index is 15.7. The number of phenolic OH excluding ortho intramolecular Hbond substituents is 1. The molecule has 2 aliphatic rings. The second-order valence-electron chi connectivity index (χ2n) is 11.0. The van der Waals surface area contributed by atoms with E-state index in [1.54, 1.807) is 0 Å². The van der Waals surface area contributed by atoms with Crippen molar-refractivity contribution in [1.29, 1.82) is 0 Å². The van der Waals surface area contributed by atoms with Gasteiger partial charge in [0, 0.05) is 31.3 Å². The fourth-order valence-electron chi connectivity index (χ4n) is 6.20. The van der Waals surface area contributed by atoms with Crippen LogP contribution in [-0.2, 0) is 7.05 Å². The van der Waals surface area contributed by atoms with Crippen LogP contribution in [0.2, 0.25) is 0 Å². The zero-order chi connectivity index (χ0) is 25.8. The summed E-state index contributed by atoms with van der Waals surface area (Å²) in [5.74, 6) is -0.261. The van der Waals surface area contributed by atoms with Gasteiger partial charge in [-0.15, -0.1) is 10.2 Å². The molecular weight excluding hydrogens is 466 g/mol. The summed E-state index contributed by atoms with van der Waals surface area (Å²) in [6.45, 7) is 4.31. The highest BCUT2D eigenvalue weighted by atomic mass is 19.1. The van der Waals surface area contributed by atoms with Gasteiger partial charge in [-0.25, -0.2) is 18.6 Å². The molecule has 1 N–H and O–H groups in total. The number of halogens is 2. The molecule has 0 radical (unpaired) electrons. The van der Waals surface area contributed by atoms with Crippen molar-refractivity contribution in [2.75, 3.05) is 11.9 Å². The van der Waals surface area contributed by atoms with Crippen molar-refractivity contribution < 1.29 is 13.9 Å². The molecule has 2 bridgehead atoms. The van der Waals surface area contributed by atoms with Gasteiger partial charge in [-0.1, -0.05) is 26.3 Å². The minimum atomic E-state index is -0.974. The first-order valence-electron chi connectivity index (χ1n) is 12.1. The minimum absolute atomic E-state index is 0.111. The molecule has 4 atom stereocenters. The molecule has 10 heteroatoms. The van der Waals surface area contributed by atoms with E-state index in [9.17, 15) is 14.3 Å². The van der Waals surface area contributed by atoms with E-state index < -0.39 is 17.7 Å². The molecule has 2 heterocycles.